The molecule has 256 valence electrons. The van der Waals surface area contributed by atoms with E-state index in [0.29, 0.717) is 0 Å². The number of nitrogens with one attached hydrogen (secondary N) is 1. The van der Waals surface area contributed by atoms with Gasteiger partial charge in [0.05, 0.1) is 13.2 Å². The van der Waals surface area contributed by atoms with E-state index in [2.05, 4.69) is 5.32 Å². The lowest BCUT2D eigenvalue weighted by Crippen LogP contribution is -2.68. The third kappa shape index (κ3) is 7.48. The van der Waals surface area contributed by atoms with Crippen molar-refractivity contribution in [1.82, 2.24) is 5.32 Å². The van der Waals surface area contributed by atoms with Crippen LogP contribution in [0.2, 0.25) is 0 Å². The molecule has 0 spiro atoms. The molecule has 0 bridgehead atoms. The first-order chi connectivity index (χ1) is 20.8. The normalized spacial score (nSPS) is 50.3. The second-order valence-electron chi connectivity index (χ2n) is 10.8. The first-order valence-corrected chi connectivity index (χ1v) is 13.7. The maximum Gasteiger partial charge on any atom is 0.217 e. The molecule has 4 fully saturated rings. The summed E-state index contributed by atoms with van der Waals surface area (Å²) in [6.07, 6.45) is -28.2. The van der Waals surface area contributed by atoms with Crippen molar-refractivity contribution >= 4 is 5.91 Å². The molecule has 0 aromatic heterocycles. The van der Waals surface area contributed by atoms with Gasteiger partial charge in [-0.2, -0.15) is 0 Å². The number of ether oxygens (including phenoxy) is 9. The average molecular weight is 648 g/mol. The van der Waals surface area contributed by atoms with E-state index in [0.717, 1.165) is 14.0 Å². The molecule has 0 aliphatic carbocycles. The van der Waals surface area contributed by atoms with Crippen molar-refractivity contribution in [3.63, 3.8) is 0 Å². The standard InChI is InChI=1S/C24H41NO19/c1-6(26)25-9-12(31)18(41-22-16(35)13(32)15(34)20(37-3)43-22)24(42-19(9)36-2)44-23-17(11(30)8(28)5-39-23)40-21-14(33)10(29)7(27)4-38-21/h7-24,27-35H,4-5H2,1-3H3,(H,25,26). The number of rotatable bonds is 9. The zero-order valence-electron chi connectivity index (χ0n) is 23.9. The monoisotopic (exact) mass is 647 g/mol. The lowest BCUT2D eigenvalue weighted by molar-refractivity contribution is -0.418. The maximum atomic E-state index is 11.9. The van der Waals surface area contributed by atoms with E-state index in [9.17, 15) is 50.8 Å². The van der Waals surface area contributed by atoms with Gasteiger partial charge in [-0.15, -0.1) is 0 Å². The molecule has 1 amide bonds. The molecule has 0 aromatic carbocycles. The Labute approximate surface area is 250 Å². The first-order valence-electron chi connectivity index (χ1n) is 13.7. The predicted octanol–water partition coefficient (Wildman–Crippen LogP) is -7.10. The molecule has 4 heterocycles. The first kappa shape index (κ1) is 35.6. The van der Waals surface area contributed by atoms with Crippen LogP contribution in [0, 0.1) is 0 Å². The second kappa shape index (κ2) is 15.1. The Morgan fingerprint density at radius 2 is 1.07 bits per heavy atom. The second-order valence-corrected chi connectivity index (χ2v) is 10.8. The van der Waals surface area contributed by atoms with Crippen molar-refractivity contribution in [1.29, 1.82) is 0 Å². The van der Waals surface area contributed by atoms with Gasteiger partial charge in [-0.1, -0.05) is 0 Å². The van der Waals surface area contributed by atoms with Crippen molar-refractivity contribution in [3.05, 3.63) is 0 Å². The molecule has 10 N–H and O–H groups in total. The molecule has 20 heteroatoms. The molecule has 0 saturated carbocycles. The summed E-state index contributed by atoms with van der Waals surface area (Å²) in [6, 6.07) is -1.29. The number of hydrogen-bond donors (Lipinski definition) is 10. The Kier molecular flexibility index (Phi) is 12.2. The number of methoxy groups -OCH3 is 2. The molecule has 18 unspecified atom stereocenters. The van der Waals surface area contributed by atoms with Gasteiger partial charge in [0.25, 0.3) is 0 Å². The molecule has 4 aliphatic heterocycles. The highest BCUT2D eigenvalue weighted by molar-refractivity contribution is 5.73. The number of hydrogen-bond acceptors (Lipinski definition) is 19. The van der Waals surface area contributed by atoms with Gasteiger partial charge < -0.3 is 93.9 Å². The van der Waals surface area contributed by atoms with Crippen LogP contribution in [0.4, 0.5) is 0 Å². The molecule has 0 radical (unpaired) electrons. The molecular weight excluding hydrogens is 606 g/mol. The molecular formula is C24H41NO19. The minimum absolute atomic E-state index is 0.443. The third-order valence-corrected chi connectivity index (χ3v) is 7.63. The molecule has 4 aliphatic rings. The fraction of sp³-hybridized carbons (Fsp3) is 0.958. The number of aliphatic hydroxyl groups is 9. The van der Waals surface area contributed by atoms with Crippen molar-refractivity contribution < 1.29 is 93.4 Å². The molecule has 44 heavy (non-hydrogen) atoms. The molecule has 4 saturated heterocycles. The zero-order chi connectivity index (χ0) is 32.5. The van der Waals surface area contributed by atoms with Gasteiger partial charge in [-0.25, -0.2) is 0 Å². The smallest absolute Gasteiger partial charge is 0.217 e. The summed E-state index contributed by atoms with van der Waals surface area (Å²) < 4.78 is 49.5. The lowest BCUT2D eigenvalue weighted by Gasteiger charge is -2.48. The predicted molar refractivity (Wildman–Crippen MR) is 133 cm³/mol. The van der Waals surface area contributed by atoms with Gasteiger partial charge in [0.2, 0.25) is 5.91 Å². The van der Waals surface area contributed by atoms with Gasteiger partial charge in [0.15, 0.2) is 37.7 Å². The van der Waals surface area contributed by atoms with Crippen LogP contribution < -0.4 is 5.32 Å². The highest BCUT2D eigenvalue weighted by Gasteiger charge is 2.54. The van der Waals surface area contributed by atoms with Crippen LogP contribution in [0.3, 0.4) is 0 Å². The van der Waals surface area contributed by atoms with E-state index in [1.54, 1.807) is 0 Å². The maximum absolute atomic E-state index is 11.9. The van der Waals surface area contributed by atoms with E-state index in [1.165, 1.54) is 7.11 Å². The Balaban J connectivity index is 1.60. The van der Waals surface area contributed by atoms with E-state index in [1.807, 2.05) is 0 Å². The van der Waals surface area contributed by atoms with Gasteiger partial charge in [0, 0.05) is 21.1 Å². The van der Waals surface area contributed by atoms with E-state index in [-0.39, 0.29) is 0 Å². The minimum Gasteiger partial charge on any atom is -0.388 e. The van der Waals surface area contributed by atoms with Crippen molar-refractivity contribution in [2.45, 2.75) is 118 Å². The van der Waals surface area contributed by atoms with Crippen molar-refractivity contribution in [2.24, 2.45) is 0 Å². The minimum atomic E-state index is -1.88. The Morgan fingerprint density at radius 3 is 1.68 bits per heavy atom. The third-order valence-electron chi connectivity index (χ3n) is 7.63. The van der Waals surface area contributed by atoms with Gasteiger partial charge in [0.1, 0.15) is 73.2 Å². The molecule has 20 nitrogen and oxygen atoms in total. The highest BCUT2D eigenvalue weighted by atomic mass is 16.8. The van der Waals surface area contributed by atoms with E-state index in [4.69, 9.17) is 42.6 Å². The zero-order valence-corrected chi connectivity index (χ0v) is 23.9. The number of carbonyl (C=O) groups excluding carboxylic acids is 1. The van der Waals surface area contributed by atoms with Crippen LogP contribution in [-0.2, 0) is 47.4 Å². The van der Waals surface area contributed by atoms with Crippen LogP contribution in [0.1, 0.15) is 6.92 Å². The largest absolute Gasteiger partial charge is 0.388 e. The summed E-state index contributed by atoms with van der Waals surface area (Å²) in [7, 11) is 2.35. The summed E-state index contributed by atoms with van der Waals surface area (Å²) >= 11 is 0. The van der Waals surface area contributed by atoms with Crippen LogP contribution in [-0.4, -0.2) is 190 Å². The summed E-state index contributed by atoms with van der Waals surface area (Å²) in [5.74, 6) is -0.593. The Bertz CT molecular complexity index is 932. The quantitative estimate of drug-likeness (QED) is 0.111. The summed E-state index contributed by atoms with van der Waals surface area (Å²) in [5.41, 5.74) is 0. The van der Waals surface area contributed by atoms with E-state index < -0.39 is 130 Å². The fourth-order valence-electron chi connectivity index (χ4n) is 5.16. The molecule has 4 rings (SSSR count). The van der Waals surface area contributed by atoms with Crippen LogP contribution in [0.15, 0.2) is 0 Å². The number of carbonyl (C=O) groups is 1. The van der Waals surface area contributed by atoms with Gasteiger partial charge in [-0.05, 0) is 0 Å². The topological polar surface area (TPSA) is 294 Å². The van der Waals surface area contributed by atoms with E-state index >= 15 is 0 Å². The number of aliphatic hydroxyl groups excluding tert-OH is 9. The SMILES string of the molecule is COC1OC(OC2C(OC3OCC(O)C(O)C3OC3OCC(O)C(O)C3O)OC(OC)C(NC(C)=O)C2O)C(O)C(O)C1O. The molecule has 18 atom stereocenters. The lowest BCUT2D eigenvalue weighted by atomic mass is 9.99. The highest BCUT2D eigenvalue weighted by Crippen LogP contribution is 2.33. The fourth-order valence-corrected chi connectivity index (χ4v) is 5.16. The summed E-state index contributed by atoms with van der Waals surface area (Å²) in [5, 5.41) is 95.8. The summed E-state index contributed by atoms with van der Waals surface area (Å²) in [6.45, 7) is 0.227. The van der Waals surface area contributed by atoms with Crippen LogP contribution in [0.5, 0.6) is 0 Å². The Hall–Kier alpha value is -1.25. The molecule has 0 aromatic rings. The Morgan fingerprint density at radius 1 is 0.568 bits per heavy atom. The van der Waals surface area contributed by atoms with Crippen molar-refractivity contribution in [2.75, 3.05) is 27.4 Å². The average Bonchev–Trinajstić information content (AvgIpc) is 2.99. The summed E-state index contributed by atoms with van der Waals surface area (Å²) in [4.78, 5) is 11.9. The number of amides is 1. The van der Waals surface area contributed by atoms with Crippen LogP contribution in [0.25, 0.3) is 0 Å². The van der Waals surface area contributed by atoms with Gasteiger partial charge in [-0.3, -0.25) is 4.79 Å². The van der Waals surface area contributed by atoms with Crippen molar-refractivity contribution in [3.8, 4) is 0 Å². The van der Waals surface area contributed by atoms with Gasteiger partial charge >= 0.3 is 0 Å². The van der Waals surface area contributed by atoms with Crippen LogP contribution >= 0.6 is 0 Å².